The summed E-state index contributed by atoms with van der Waals surface area (Å²) in [5.74, 6) is -0.177. The number of nitrogens with zero attached hydrogens (tertiary/aromatic N) is 1. The lowest BCUT2D eigenvalue weighted by Gasteiger charge is -2.25. The predicted octanol–water partition coefficient (Wildman–Crippen LogP) is 6.46. The van der Waals surface area contributed by atoms with Crippen LogP contribution in [0.3, 0.4) is 0 Å². The van der Waals surface area contributed by atoms with Crippen LogP contribution in [-0.2, 0) is 9.47 Å². The zero-order chi connectivity index (χ0) is 25.5. The molecule has 1 aliphatic rings. The minimum atomic E-state index is -0.839. The standard InChI is InChI=1S/C27H26F2N2O5/c1-2-3-16-34-23-14-4-18(5-15-23)25-24(17-35-26(32)30-21-10-6-19(28)7-11-21)36-27(33)31(25)22-12-8-20(29)9-13-22/h4-15,24-25H,2-3,16-17H2,1H3,(H,30,32)/t24-,25?/m1/s1. The van der Waals surface area contributed by atoms with Gasteiger partial charge in [0.1, 0.15) is 30.0 Å². The molecule has 0 aromatic heterocycles. The first kappa shape index (κ1) is 25.0. The number of unbranched alkanes of at least 4 members (excludes halogenated alkanes) is 1. The van der Waals surface area contributed by atoms with Gasteiger partial charge in [-0.25, -0.2) is 18.4 Å². The number of nitrogens with one attached hydrogen (secondary N) is 1. The highest BCUT2D eigenvalue weighted by molar-refractivity contribution is 5.91. The van der Waals surface area contributed by atoms with Gasteiger partial charge >= 0.3 is 12.2 Å². The molecule has 3 aromatic carbocycles. The van der Waals surface area contributed by atoms with E-state index in [1.807, 2.05) is 12.1 Å². The number of amides is 2. The van der Waals surface area contributed by atoms with Gasteiger partial charge in [-0.15, -0.1) is 0 Å². The van der Waals surface area contributed by atoms with Crippen LogP contribution in [-0.4, -0.2) is 31.5 Å². The Morgan fingerprint density at radius 3 is 2.25 bits per heavy atom. The molecular formula is C27H26F2N2O5. The van der Waals surface area contributed by atoms with E-state index in [1.165, 1.54) is 53.4 Å². The maximum Gasteiger partial charge on any atom is 0.415 e. The van der Waals surface area contributed by atoms with Crippen molar-refractivity contribution in [1.29, 1.82) is 0 Å². The quantitative estimate of drug-likeness (QED) is 0.344. The number of ether oxygens (including phenoxy) is 3. The molecule has 1 saturated heterocycles. The highest BCUT2D eigenvalue weighted by atomic mass is 19.1. The normalized spacial score (nSPS) is 17.0. The second-order valence-corrected chi connectivity index (χ2v) is 8.21. The van der Waals surface area contributed by atoms with Crippen molar-refractivity contribution in [2.24, 2.45) is 0 Å². The monoisotopic (exact) mass is 496 g/mol. The molecule has 7 nitrogen and oxygen atoms in total. The second kappa shape index (κ2) is 11.5. The molecule has 0 bridgehead atoms. The molecule has 1 aliphatic heterocycles. The van der Waals surface area contributed by atoms with Crippen LogP contribution in [0.15, 0.2) is 72.8 Å². The van der Waals surface area contributed by atoms with E-state index in [0.717, 1.165) is 18.4 Å². The van der Waals surface area contributed by atoms with Crippen molar-refractivity contribution in [2.75, 3.05) is 23.4 Å². The smallest absolute Gasteiger partial charge is 0.415 e. The summed E-state index contributed by atoms with van der Waals surface area (Å²) in [6.07, 6.45) is -0.320. The van der Waals surface area contributed by atoms with E-state index in [-0.39, 0.29) is 6.61 Å². The molecular weight excluding hydrogens is 470 g/mol. The second-order valence-electron chi connectivity index (χ2n) is 8.21. The predicted molar refractivity (Wildman–Crippen MR) is 130 cm³/mol. The number of benzene rings is 3. The summed E-state index contributed by atoms with van der Waals surface area (Å²) in [7, 11) is 0. The Morgan fingerprint density at radius 1 is 0.972 bits per heavy atom. The number of anilines is 2. The van der Waals surface area contributed by atoms with Gasteiger partial charge in [-0.3, -0.25) is 10.2 Å². The summed E-state index contributed by atoms with van der Waals surface area (Å²) in [4.78, 5) is 26.6. The molecule has 188 valence electrons. The number of carbonyl (C=O) groups excluding carboxylic acids is 2. The molecule has 4 rings (SSSR count). The summed E-state index contributed by atoms with van der Waals surface area (Å²) >= 11 is 0. The molecule has 0 saturated carbocycles. The van der Waals surface area contributed by atoms with Gasteiger partial charge in [-0.2, -0.15) is 0 Å². The van der Waals surface area contributed by atoms with Gasteiger partial charge in [0.05, 0.1) is 6.61 Å². The topological polar surface area (TPSA) is 77.1 Å². The lowest BCUT2D eigenvalue weighted by Crippen LogP contribution is -2.32. The molecule has 2 amide bonds. The van der Waals surface area contributed by atoms with Gasteiger partial charge in [-0.1, -0.05) is 25.5 Å². The van der Waals surface area contributed by atoms with Crippen molar-refractivity contribution in [3.05, 3.63) is 90.0 Å². The van der Waals surface area contributed by atoms with Gasteiger partial charge in [0.25, 0.3) is 0 Å². The zero-order valence-electron chi connectivity index (χ0n) is 19.7. The summed E-state index contributed by atoms with van der Waals surface area (Å²) in [5, 5.41) is 2.50. The van der Waals surface area contributed by atoms with E-state index < -0.39 is 36.0 Å². The molecule has 1 fully saturated rings. The highest BCUT2D eigenvalue weighted by Gasteiger charge is 2.44. The minimum absolute atomic E-state index is 0.240. The molecule has 1 heterocycles. The van der Waals surface area contributed by atoms with Crippen LogP contribution >= 0.6 is 0 Å². The summed E-state index contributed by atoms with van der Waals surface area (Å²) < 4.78 is 43.2. The highest BCUT2D eigenvalue weighted by Crippen LogP contribution is 2.38. The first-order valence-electron chi connectivity index (χ1n) is 11.6. The van der Waals surface area contributed by atoms with E-state index in [0.29, 0.717) is 23.7 Å². The fourth-order valence-electron chi connectivity index (χ4n) is 3.83. The molecule has 36 heavy (non-hydrogen) atoms. The first-order chi connectivity index (χ1) is 17.4. The van der Waals surface area contributed by atoms with E-state index in [9.17, 15) is 18.4 Å². The first-order valence-corrected chi connectivity index (χ1v) is 11.6. The molecule has 3 aromatic rings. The average molecular weight is 497 g/mol. The van der Waals surface area contributed by atoms with Crippen LogP contribution in [0.2, 0.25) is 0 Å². The van der Waals surface area contributed by atoms with Crippen LogP contribution in [0, 0.1) is 11.6 Å². The number of halogens is 2. The Kier molecular flexibility index (Phi) is 7.99. The van der Waals surface area contributed by atoms with E-state index in [1.54, 1.807) is 12.1 Å². The van der Waals surface area contributed by atoms with Crippen LogP contribution < -0.4 is 15.0 Å². The SMILES string of the molecule is CCCCOc1ccc(C2[C@@H](COC(=O)Nc3ccc(F)cc3)OC(=O)N2c2ccc(F)cc2)cc1. The summed E-state index contributed by atoms with van der Waals surface area (Å²) in [5.41, 5.74) is 1.52. The van der Waals surface area contributed by atoms with Crippen molar-refractivity contribution in [3.63, 3.8) is 0 Å². The summed E-state index contributed by atoms with van der Waals surface area (Å²) in [6, 6.07) is 17.3. The lowest BCUT2D eigenvalue weighted by atomic mass is 10.0. The Labute approximate surface area is 207 Å². The van der Waals surface area contributed by atoms with Crippen molar-refractivity contribution < 1.29 is 32.6 Å². The molecule has 0 spiro atoms. The van der Waals surface area contributed by atoms with E-state index in [4.69, 9.17) is 14.2 Å². The third kappa shape index (κ3) is 6.10. The van der Waals surface area contributed by atoms with Crippen molar-refractivity contribution in [1.82, 2.24) is 0 Å². The Hall–Kier alpha value is -4.14. The Balaban J connectivity index is 1.52. The van der Waals surface area contributed by atoms with Crippen molar-refractivity contribution in [2.45, 2.75) is 31.9 Å². The van der Waals surface area contributed by atoms with Crippen LogP contribution in [0.1, 0.15) is 31.4 Å². The molecule has 0 radical (unpaired) electrons. The largest absolute Gasteiger partial charge is 0.494 e. The van der Waals surface area contributed by atoms with Crippen molar-refractivity contribution >= 4 is 23.6 Å². The summed E-state index contributed by atoms with van der Waals surface area (Å²) in [6.45, 7) is 2.44. The Bertz CT molecular complexity index is 1170. The maximum atomic E-state index is 13.5. The molecule has 2 atom stereocenters. The number of hydrogen-bond donors (Lipinski definition) is 1. The molecule has 1 unspecified atom stereocenters. The fourth-order valence-corrected chi connectivity index (χ4v) is 3.83. The Morgan fingerprint density at radius 2 is 1.61 bits per heavy atom. The number of rotatable bonds is 9. The van der Waals surface area contributed by atoms with Gasteiger partial charge in [0.15, 0.2) is 6.10 Å². The third-order valence-electron chi connectivity index (χ3n) is 5.64. The van der Waals surface area contributed by atoms with Crippen LogP contribution in [0.5, 0.6) is 5.75 Å². The van der Waals surface area contributed by atoms with E-state index in [2.05, 4.69) is 12.2 Å². The fraction of sp³-hybridized carbons (Fsp3) is 0.259. The number of cyclic esters (lactones) is 1. The van der Waals surface area contributed by atoms with Gasteiger partial charge < -0.3 is 14.2 Å². The zero-order valence-corrected chi connectivity index (χ0v) is 19.7. The molecule has 1 N–H and O–H groups in total. The van der Waals surface area contributed by atoms with Gasteiger partial charge in [0.2, 0.25) is 0 Å². The van der Waals surface area contributed by atoms with E-state index >= 15 is 0 Å². The molecule has 9 heteroatoms. The minimum Gasteiger partial charge on any atom is -0.494 e. The third-order valence-corrected chi connectivity index (χ3v) is 5.64. The number of carbonyl (C=O) groups is 2. The number of hydrogen-bond acceptors (Lipinski definition) is 5. The van der Waals surface area contributed by atoms with Gasteiger partial charge in [-0.05, 0) is 72.6 Å². The van der Waals surface area contributed by atoms with Crippen LogP contribution in [0.4, 0.5) is 29.7 Å². The van der Waals surface area contributed by atoms with Gasteiger partial charge in [0, 0.05) is 11.4 Å². The average Bonchev–Trinajstić information content (AvgIpc) is 3.21. The molecule has 0 aliphatic carbocycles. The lowest BCUT2D eigenvalue weighted by molar-refractivity contribution is 0.0684. The van der Waals surface area contributed by atoms with Crippen LogP contribution in [0.25, 0.3) is 0 Å². The maximum absolute atomic E-state index is 13.5. The van der Waals surface area contributed by atoms with Crippen molar-refractivity contribution in [3.8, 4) is 5.75 Å².